The van der Waals surface area contributed by atoms with Crippen LogP contribution in [0.5, 0.6) is 0 Å². The molecule has 0 radical (unpaired) electrons. The molecule has 0 spiro atoms. The van der Waals surface area contributed by atoms with E-state index in [2.05, 4.69) is 9.97 Å². The number of aromatic nitrogens is 2. The number of rotatable bonds is 3. The van der Waals surface area contributed by atoms with E-state index in [0.717, 1.165) is 28.9 Å². The Hall–Kier alpha value is -1.34. The van der Waals surface area contributed by atoms with E-state index in [1.165, 1.54) is 18.1 Å². The van der Waals surface area contributed by atoms with Gasteiger partial charge in [-0.15, -0.1) is 11.8 Å². The van der Waals surface area contributed by atoms with Gasteiger partial charge in [0, 0.05) is 11.8 Å². The summed E-state index contributed by atoms with van der Waals surface area (Å²) in [5, 5.41) is 1.22. The van der Waals surface area contributed by atoms with Gasteiger partial charge in [0.1, 0.15) is 28.0 Å². The van der Waals surface area contributed by atoms with Crippen LogP contribution in [0.4, 0.5) is 14.5 Å². The molecule has 1 aromatic heterocycles. The third-order valence-electron chi connectivity index (χ3n) is 2.05. The topological polar surface area (TPSA) is 51.8 Å². The molecule has 0 unspecified atom stereocenters. The quantitative estimate of drug-likeness (QED) is 0.533. The molecule has 2 N–H and O–H groups in total. The maximum atomic E-state index is 13.6. The van der Waals surface area contributed by atoms with Crippen molar-refractivity contribution in [3.63, 3.8) is 0 Å². The highest BCUT2D eigenvalue weighted by Gasteiger charge is 2.13. The molecular weight excluding hydrogens is 276 g/mol. The lowest BCUT2D eigenvalue weighted by Crippen LogP contribution is -1.94. The van der Waals surface area contributed by atoms with Crippen LogP contribution in [-0.2, 0) is 0 Å². The Morgan fingerprint density at radius 2 is 1.67 bits per heavy atom. The molecule has 0 aliphatic carbocycles. The molecule has 0 fully saturated rings. The molecule has 18 heavy (non-hydrogen) atoms. The van der Waals surface area contributed by atoms with Crippen molar-refractivity contribution in [2.75, 3.05) is 12.0 Å². The number of hydrogen-bond acceptors (Lipinski definition) is 5. The van der Waals surface area contributed by atoms with Crippen molar-refractivity contribution in [1.82, 2.24) is 9.97 Å². The third kappa shape index (κ3) is 2.91. The minimum atomic E-state index is -0.693. The summed E-state index contributed by atoms with van der Waals surface area (Å²) in [6.45, 7) is 0. The summed E-state index contributed by atoms with van der Waals surface area (Å²) in [4.78, 5) is 7.83. The fourth-order valence-corrected chi connectivity index (χ4v) is 2.52. The third-order valence-corrected chi connectivity index (χ3v) is 3.72. The van der Waals surface area contributed by atoms with Crippen LogP contribution in [0.2, 0.25) is 0 Å². The number of benzene rings is 1. The van der Waals surface area contributed by atoms with Gasteiger partial charge in [-0.1, -0.05) is 11.8 Å². The average Bonchev–Trinajstić information content (AvgIpc) is 2.34. The number of nitrogen functional groups attached to an aromatic ring is 1. The van der Waals surface area contributed by atoms with Crippen molar-refractivity contribution < 1.29 is 8.78 Å². The molecule has 1 heterocycles. The Labute approximate surface area is 111 Å². The number of anilines is 1. The van der Waals surface area contributed by atoms with Crippen molar-refractivity contribution in [2.24, 2.45) is 0 Å². The maximum Gasteiger partial charge on any atom is 0.142 e. The zero-order valence-electron chi connectivity index (χ0n) is 9.35. The summed E-state index contributed by atoms with van der Waals surface area (Å²) >= 11 is 2.34. The van der Waals surface area contributed by atoms with Gasteiger partial charge in [0.25, 0.3) is 0 Å². The van der Waals surface area contributed by atoms with E-state index >= 15 is 0 Å². The van der Waals surface area contributed by atoms with Crippen LogP contribution >= 0.6 is 23.5 Å². The number of halogens is 2. The van der Waals surface area contributed by atoms with Crippen LogP contribution in [0, 0.1) is 11.6 Å². The first kappa shape index (κ1) is 13.1. The van der Waals surface area contributed by atoms with E-state index in [4.69, 9.17) is 5.73 Å². The molecule has 94 valence electrons. The van der Waals surface area contributed by atoms with Crippen LogP contribution in [0.1, 0.15) is 0 Å². The van der Waals surface area contributed by atoms with Crippen LogP contribution < -0.4 is 5.73 Å². The average molecular weight is 285 g/mol. The largest absolute Gasteiger partial charge is 0.399 e. The van der Waals surface area contributed by atoms with E-state index < -0.39 is 11.6 Å². The normalized spacial score (nSPS) is 10.6. The molecule has 0 amide bonds. The Balaban J connectivity index is 2.33. The van der Waals surface area contributed by atoms with Gasteiger partial charge in [0.05, 0.1) is 4.90 Å². The van der Waals surface area contributed by atoms with E-state index in [9.17, 15) is 8.78 Å². The molecule has 2 aromatic rings. The van der Waals surface area contributed by atoms with E-state index in [1.807, 2.05) is 6.26 Å². The molecular formula is C11H9F2N3S2. The van der Waals surface area contributed by atoms with Crippen molar-refractivity contribution in [1.29, 1.82) is 0 Å². The Morgan fingerprint density at radius 3 is 2.28 bits per heavy atom. The molecule has 2 rings (SSSR count). The van der Waals surface area contributed by atoms with Crippen LogP contribution in [0.15, 0.2) is 39.5 Å². The van der Waals surface area contributed by atoms with Crippen LogP contribution in [0.25, 0.3) is 0 Å². The lowest BCUT2D eigenvalue weighted by atomic mass is 10.3. The second-order valence-electron chi connectivity index (χ2n) is 3.31. The molecule has 0 saturated heterocycles. The predicted molar refractivity (Wildman–Crippen MR) is 68.7 cm³/mol. The molecule has 0 atom stereocenters. The van der Waals surface area contributed by atoms with Crippen molar-refractivity contribution in [2.45, 2.75) is 14.9 Å². The van der Waals surface area contributed by atoms with Crippen LogP contribution in [0.3, 0.4) is 0 Å². The fourth-order valence-electron chi connectivity index (χ4n) is 1.27. The molecule has 1 aromatic carbocycles. The zero-order chi connectivity index (χ0) is 13.1. The maximum absolute atomic E-state index is 13.6. The number of nitrogens with two attached hydrogens (primary N) is 1. The van der Waals surface area contributed by atoms with Gasteiger partial charge in [0.2, 0.25) is 0 Å². The van der Waals surface area contributed by atoms with Crippen molar-refractivity contribution in [3.8, 4) is 0 Å². The summed E-state index contributed by atoms with van der Waals surface area (Å²) in [6, 6.07) is 3.84. The van der Waals surface area contributed by atoms with Gasteiger partial charge in [-0.3, -0.25) is 0 Å². The number of nitrogens with zero attached hydrogens (tertiary/aromatic N) is 2. The molecule has 0 aliphatic heterocycles. The van der Waals surface area contributed by atoms with Gasteiger partial charge in [-0.05, 0) is 18.4 Å². The number of thioether (sulfide) groups is 1. The highest BCUT2D eigenvalue weighted by Crippen LogP contribution is 2.32. The highest BCUT2D eigenvalue weighted by atomic mass is 32.2. The van der Waals surface area contributed by atoms with Crippen LogP contribution in [-0.4, -0.2) is 16.2 Å². The molecule has 7 heteroatoms. The van der Waals surface area contributed by atoms with E-state index in [-0.39, 0.29) is 10.6 Å². The summed E-state index contributed by atoms with van der Waals surface area (Å²) in [5.74, 6) is -1.39. The molecule has 0 aliphatic rings. The summed E-state index contributed by atoms with van der Waals surface area (Å²) in [6.07, 6.45) is 3.22. The van der Waals surface area contributed by atoms with Gasteiger partial charge in [0.15, 0.2) is 0 Å². The minimum absolute atomic E-state index is 0.0573. The first-order valence-electron chi connectivity index (χ1n) is 4.88. The van der Waals surface area contributed by atoms with E-state index in [1.54, 1.807) is 6.07 Å². The standard InChI is InChI=1S/C11H9F2N3S2/c1-17-9-4-10(16-5-15-9)18-11-7(12)2-6(14)3-8(11)13/h2-5H,14H2,1H3. The second kappa shape index (κ2) is 5.53. The Bertz CT molecular complexity index is 555. The molecule has 3 nitrogen and oxygen atoms in total. The van der Waals surface area contributed by atoms with Gasteiger partial charge in [-0.2, -0.15) is 0 Å². The van der Waals surface area contributed by atoms with Crippen molar-refractivity contribution >= 4 is 29.2 Å². The SMILES string of the molecule is CSc1cc(Sc2c(F)cc(N)cc2F)ncn1. The first-order valence-corrected chi connectivity index (χ1v) is 6.92. The summed E-state index contributed by atoms with van der Waals surface area (Å²) in [5.41, 5.74) is 5.41. The fraction of sp³-hybridized carbons (Fsp3) is 0.0909. The molecule has 0 bridgehead atoms. The Kier molecular flexibility index (Phi) is 4.03. The number of hydrogen-bond donors (Lipinski definition) is 1. The van der Waals surface area contributed by atoms with Crippen molar-refractivity contribution in [3.05, 3.63) is 36.2 Å². The minimum Gasteiger partial charge on any atom is -0.399 e. The first-order chi connectivity index (χ1) is 8.60. The van der Waals surface area contributed by atoms with Gasteiger partial charge >= 0.3 is 0 Å². The lowest BCUT2D eigenvalue weighted by Gasteiger charge is -2.05. The second-order valence-corrected chi connectivity index (χ2v) is 5.17. The van der Waals surface area contributed by atoms with E-state index in [0.29, 0.717) is 5.03 Å². The molecule has 0 saturated carbocycles. The summed E-state index contributed by atoms with van der Waals surface area (Å²) < 4.78 is 27.2. The smallest absolute Gasteiger partial charge is 0.142 e. The van der Waals surface area contributed by atoms with Gasteiger partial charge in [-0.25, -0.2) is 18.7 Å². The lowest BCUT2D eigenvalue weighted by molar-refractivity contribution is 0.541. The van der Waals surface area contributed by atoms with Gasteiger partial charge < -0.3 is 5.73 Å². The zero-order valence-corrected chi connectivity index (χ0v) is 11.0. The highest BCUT2D eigenvalue weighted by molar-refractivity contribution is 7.99. The monoisotopic (exact) mass is 285 g/mol. The Morgan fingerprint density at radius 1 is 1.06 bits per heavy atom. The summed E-state index contributed by atoms with van der Waals surface area (Å²) in [7, 11) is 0. The predicted octanol–water partition coefficient (Wildman–Crippen LogP) is 3.21.